The summed E-state index contributed by atoms with van der Waals surface area (Å²) in [5.41, 5.74) is 0.713. The molecule has 2 aromatic carbocycles. The number of halogens is 2. The molecule has 134 valence electrons. The van der Waals surface area contributed by atoms with Gasteiger partial charge < -0.3 is 15.4 Å². The van der Waals surface area contributed by atoms with Crippen LogP contribution in [0.2, 0.25) is 0 Å². The molecular weight excluding hydrogens is 356 g/mol. The first-order valence-electron chi connectivity index (χ1n) is 6.96. The van der Waals surface area contributed by atoms with E-state index in [1.165, 1.54) is 36.4 Å². The van der Waals surface area contributed by atoms with Crippen molar-refractivity contribution in [2.75, 3.05) is 5.32 Å². The molecule has 7 nitrogen and oxygen atoms in total. The number of rotatable bonds is 6. The number of nitrogens with one attached hydrogen (secondary N) is 2. The zero-order valence-electron chi connectivity index (χ0n) is 12.8. The van der Waals surface area contributed by atoms with Gasteiger partial charge in [-0.05, 0) is 30.3 Å². The molecule has 2 amide bonds. The van der Waals surface area contributed by atoms with Gasteiger partial charge in [-0.1, -0.05) is 18.2 Å². The van der Waals surface area contributed by atoms with Crippen molar-refractivity contribution in [3.8, 4) is 5.75 Å². The van der Waals surface area contributed by atoms with Gasteiger partial charge in [0.15, 0.2) is 0 Å². The molecule has 0 aliphatic heterocycles. The second kappa shape index (κ2) is 7.90. The molecule has 0 saturated carbocycles. The molecule has 0 bridgehead atoms. The molecule has 0 spiro atoms. The highest BCUT2D eigenvalue weighted by Crippen LogP contribution is 2.20. The summed E-state index contributed by atoms with van der Waals surface area (Å²) in [6, 6.07) is 10.7. The van der Waals surface area contributed by atoms with Crippen LogP contribution in [-0.4, -0.2) is 21.1 Å². The first-order valence-corrected chi connectivity index (χ1v) is 8.51. The van der Waals surface area contributed by atoms with Crippen molar-refractivity contribution in [1.29, 1.82) is 0 Å². The standard InChI is InChI=1S/C15H15F2N3O4S/c16-14(17)24-13-4-2-1-3-10(13)9-19-15(21)20-11-5-7-12(8-6-11)25(18,22)23/h1-8,14H,9H2,(H2,18,22,23)(H2,19,20,21). The van der Waals surface area contributed by atoms with E-state index >= 15 is 0 Å². The van der Waals surface area contributed by atoms with Gasteiger partial charge in [-0.15, -0.1) is 0 Å². The number of hydrogen-bond donors (Lipinski definition) is 3. The average molecular weight is 371 g/mol. The fourth-order valence-corrected chi connectivity index (χ4v) is 2.46. The van der Waals surface area contributed by atoms with Gasteiger partial charge >= 0.3 is 12.6 Å². The van der Waals surface area contributed by atoms with Crippen molar-refractivity contribution in [2.24, 2.45) is 5.14 Å². The number of nitrogens with two attached hydrogens (primary N) is 1. The third kappa shape index (κ3) is 5.69. The number of sulfonamides is 1. The van der Waals surface area contributed by atoms with Crippen molar-refractivity contribution in [2.45, 2.75) is 18.1 Å². The summed E-state index contributed by atoms with van der Waals surface area (Å²) in [5, 5.41) is 9.94. The minimum atomic E-state index is -3.81. The van der Waals surface area contributed by atoms with Gasteiger partial charge in [0.1, 0.15) is 5.75 Å². The summed E-state index contributed by atoms with van der Waals surface area (Å²) in [5.74, 6) is -0.0321. The summed E-state index contributed by atoms with van der Waals surface area (Å²) in [4.78, 5) is 11.8. The maximum absolute atomic E-state index is 12.3. The maximum atomic E-state index is 12.3. The Morgan fingerprint density at radius 2 is 1.76 bits per heavy atom. The average Bonchev–Trinajstić information content (AvgIpc) is 2.53. The highest BCUT2D eigenvalue weighted by atomic mass is 32.2. The highest BCUT2D eigenvalue weighted by Gasteiger charge is 2.11. The number of anilines is 1. The van der Waals surface area contributed by atoms with Crippen LogP contribution in [0.15, 0.2) is 53.4 Å². The minimum absolute atomic E-state index is 0.0321. The van der Waals surface area contributed by atoms with Crippen LogP contribution < -0.4 is 20.5 Å². The molecule has 0 heterocycles. The van der Waals surface area contributed by atoms with Crippen molar-refractivity contribution >= 4 is 21.7 Å². The monoisotopic (exact) mass is 371 g/mol. The zero-order chi connectivity index (χ0) is 18.4. The number of amides is 2. The van der Waals surface area contributed by atoms with Gasteiger partial charge in [0.05, 0.1) is 4.90 Å². The number of carbonyl (C=O) groups is 1. The minimum Gasteiger partial charge on any atom is -0.434 e. The Balaban J connectivity index is 1.95. The second-order valence-corrected chi connectivity index (χ2v) is 6.42. The fourth-order valence-electron chi connectivity index (χ4n) is 1.94. The molecule has 25 heavy (non-hydrogen) atoms. The molecule has 4 N–H and O–H groups in total. The van der Waals surface area contributed by atoms with E-state index in [4.69, 9.17) is 5.14 Å². The predicted molar refractivity (Wildman–Crippen MR) is 86.7 cm³/mol. The van der Waals surface area contributed by atoms with Gasteiger partial charge in [0.25, 0.3) is 0 Å². The van der Waals surface area contributed by atoms with Gasteiger partial charge in [0.2, 0.25) is 10.0 Å². The van der Waals surface area contributed by atoms with Gasteiger partial charge in [-0.25, -0.2) is 18.4 Å². The lowest BCUT2D eigenvalue weighted by Crippen LogP contribution is -2.28. The van der Waals surface area contributed by atoms with E-state index in [1.807, 2.05) is 0 Å². The van der Waals surface area contributed by atoms with Crippen LogP contribution in [0.5, 0.6) is 5.75 Å². The van der Waals surface area contributed by atoms with Crippen LogP contribution in [0.1, 0.15) is 5.56 Å². The van der Waals surface area contributed by atoms with E-state index in [9.17, 15) is 22.0 Å². The van der Waals surface area contributed by atoms with E-state index in [1.54, 1.807) is 12.1 Å². The Labute approximate surface area is 142 Å². The lowest BCUT2D eigenvalue weighted by atomic mass is 10.2. The normalized spacial score (nSPS) is 11.2. The van der Waals surface area contributed by atoms with Crippen molar-refractivity contribution < 1.29 is 26.7 Å². The quantitative estimate of drug-likeness (QED) is 0.723. The third-order valence-corrected chi connectivity index (χ3v) is 4.00. The lowest BCUT2D eigenvalue weighted by Gasteiger charge is -2.12. The van der Waals surface area contributed by atoms with E-state index in [0.717, 1.165) is 0 Å². The van der Waals surface area contributed by atoms with Crippen molar-refractivity contribution in [1.82, 2.24) is 5.32 Å². The molecule has 0 fully saturated rings. The Morgan fingerprint density at radius 3 is 2.36 bits per heavy atom. The van der Waals surface area contributed by atoms with Gasteiger partial charge in [-0.3, -0.25) is 0 Å². The number of ether oxygens (including phenoxy) is 1. The van der Waals surface area contributed by atoms with E-state index < -0.39 is 22.7 Å². The Bertz CT molecular complexity index is 842. The summed E-state index contributed by atoms with van der Waals surface area (Å²) < 4.78 is 51.3. The molecule has 2 aromatic rings. The molecule has 0 radical (unpaired) electrons. The van der Waals surface area contributed by atoms with Gasteiger partial charge in [-0.2, -0.15) is 8.78 Å². The van der Waals surface area contributed by atoms with Crippen LogP contribution in [0.4, 0.5) is 19.3 Å². The van der Waals surface area contributed by atoms with Crippen LogP contribution in [-0.2, 0) is 16.6 Å². The Morgan fingerprint density at radius 1 is 1.12 bits per heavy atom. The molecule has 0 aromatic heterocycles. The number of urea groups is 1. The third-order valence-electron chi connectivity index (χ3n) is 3.07. The van der Waals surface area contributed by atoms with Crippen LogP contribution in [0.3, 0.4) is 0 Å². The molecular formula is C15H15F2N3O4S. The molecule has 0 unspecified atom stereocenters. The molecule has 0 atom stereocenters. The van der Waals surface area contributed by atoms with Crippen molar-refractivity contribution in [3.63, 3.8) is 0 Å². The first-order chi connectivity index (χ1) is 11.8. The zero-order valence-corrected chi connectivity index (χ0v) is 13.6. The molecule has 10 heteroatoms. The highest BCUT2D eigenvalue weighted by molar-refractivity contribution is 7.89. The van der Waals surface area contributed by atoms with Crippen molar-refractivity contribution in [3.05, 3.63) is 54.1 Å². The Kier molecular flexibility index (Phi) is 5.88. The lowest BCUT2D eigenvalue weighted by molar-refractivity contribution is -0.0504. The first kappa shape index (κ1) is 18.6. The topological polar surface area (TPSA) is 111 Å². The Hall–Kier alpha value is -2.72. The summed E-state index contributed by atoms with van der Waals surface area (Å²) in [7, 11) is -3.81. The van der Waals surface area contributed by atoms with Crippen LogP contribution in [0.25, 0.3) is 0 Å². The molecule has 0 saturated heterocycles. The van der Waals surface area contributed by atoms with E-state index in [-0.39, 0.29) is 17.2 Å². The predicted octanol–water partition coefficient (Wildman–Crippen LogP) is 2.26. The molecule has 0 aliphatic rings. The number of primary sulfonamides is 1. The van der Waals surface area contributed by atoms with Crippen LogP contribution in [0, 0.1) is 0 Å². The number of alkyl halides is 2. The molecule has 0 aliphatic carbocycles. The number of hydrogen-bond acceptors (Lipinski definition) is 4. The maximum Gasteiger partial charge on any atom is 0.387 e. The van der Waals surface area contributed by atoms with E-state index in [2.05, 4.69) is 15.4 Å². The number of benzene rings is 2. The largest absolute Gasteiger partial charge is 0.434 e. The fraction of sp³-hybridized carbons (Fsp3) is 0.133. The summed E-state index contributed by atoms with van der Waals surface area (Å²) in [6.45, 7) is -3.00. The second-order valence-electron chi connectivity index (χ2n) is 4.86. The summed E-state index contributed by atoms with van der Waals surface area (Å²) >= 11 is 0. The molecule has 2 rings (SSSR count). The van der Waals surface area contributed by atoms with Crippen LogP contribution >= 0.6 is 0 Å². The summed E-state index contributed by atoms with van der Waals surface area (Å²) in [6.07, 6.45) is 0. The van der Waals surface area contributed by atoms with E-state index in [0.29, 0.717) is 11.3 Å². The SMILES string of the molecule is NS(=O)(=O)c1ccc(NC(=O)NCc2ccccc2OC(F)F)cc1. The van der Waals surface area contributed by atoms with Gasteiger partial charge in [0, 0.05) is 17.8 Å². The number of carbonyl (C=O) groups excluding carboxylic acids is 1. The number of para-hydroxylation sites is 1. The smallest absolute Gasteiger partial charge is 0.387 e.